The average Bonchev–Trinajstić information content (AvgIpc) is 2.52. The molecule has 122 valence electrons. The van der Waals surface area contributed by atoms with Gasteiger partial charge in [0.1, 0.15) is 11.8 Å². The summed E-state index contributed by atoms with van der Waals surface area (Å²) < 4.78 is 0. The molecule has 1 aliphatic rings. The van der Waals surface area contributed by atoms with Gasteiger partial charge in [0.15, 0.2) is 0 Å². The third-order valence-electron chi connectivity index (χ3n) is 3.54. The van der Waals surface area contributed by atoms with Crippen LogP contribution in [0.3, 0.4) is 0 Å². The monoisotopic (exact) mass is 328 g/mol. The Morgan fingerprint density at radius 3 is 2.54 bits per heavy atom. The number of nitrogens with one attached hydrogen (secondary N) is 1. The number of benzene rings is 1. The molecule has 0 bridgehead atoms. The highest BCUT2D eigenvalue weighted by atomic mass is 16.6. The van der Waals surface area contributed by atoms with Crippen molar-refractivity contribution in [3.05, 3.63) is 62.5 Å². The molecule has 1 aromatic rings. The van der Waals surface area contributed by atoms with Crippen molar-refractivity contribution >= 4 is 17.6 Å². The molecule has 0 saturated heterocycles. The predicted molar refractivity (Wildman–Crippen MR) is 77.0 cm³/mol. The Morgan fingerprint density at radius 1 is 1.38 bits per heavy atom. The van der Waals surface area contributed by atoms with Crippen molar-refractivity contribution in [2.45, 2.75) is 12.8 Å². The molecular weight excluding hydrogens is 318 g/mol. The highest BCUT2D eigenvalue weighted by Gasteiger charge is 2.35. The Kier molecular flexibility index (Phi) is 4.32. The average molecular weight is 328 g/mol. The Balaban J connectivity index is 2.78. The second-order valence-corrected chi connectivity index (χ2v) is 4.94. The number of nitro benzene ring substituents is 1. The number of dihydropyridines is 1. The van der Waals surface area contributed by atoms with Crippen LogP contribution in [0.2, 0.25) is 0 Å². The zero-order chi connectivity index (χ0) is 18.0. The lowest BCUT2D eigenvalue weighted by molar-refractivity contribution is -0.384. The number of nitriles is 1. The van der Waals surface area contributed by atoms with Gasteiger partial charge in [-0.2, -0.15) is 5.26 Å². The number of carboxylic acid groups (broad SMARTS) is 2. The molecule has 0 fully saturated rings. The zero-order valence-electron chi connectivity index (χ0n) is 12.3. The van der Waals surface area contributed by atoms with Crippen LogP contribution in [0.25, 0.3) is 0 Å². The Hall–Kier alpha value is -3.67. The number of hydrogen-bond donors (Lipinski definition) is 2. The van der Waals surface area contributed by atoms with E-state index in [1.807, 2.05) is 0 Å². The molecule has 9 heteroatoms. The minimum Gasteiger partial charge on any atom is -0.545 e. The number of nitro groups is 1. The van der Waals surface area contributed by atoms with E-state index >= 15 is 0 Å². The summed E-state index contributed by atoms with van der Waals surface area (Å²) in [6, 6.07) is 6.58. The number of carbonyl (C=O) groups is 2. The van der Waals surface area contributed by atoms with Crippen molar-refractivity contribution in [3.63, 3.8) is 0 Å². The third-order valence-corrected chi connectivity index (χ3v) is 3.54. The van der Waals surface area contributed by atoms with E-state index in [1.165, 1.54) is 25.1 Å². The SMILES string of the molecule is CC1=C(C(=O)O)C(c2cccc([N+](=O)[O-])c2)C(C(=O)[O-])=C(C#N)N1. The first-order valence-corrected chi connectivity index (χ1v) is 6.59. The van der Waals surface area contributed by atoms with Crippen LogP contribution in [0.4, 0.5) is 5.69 Å². The fourth-order valence-electron chi connectivity index (χ4n) is 2.57. The van der Waals surface area contributed by atoms with E-state index < -0.39 is 28.4 Å². The summed E-state index contributed by atoms with van der Waals surface area (Å²) in [6.07, 6.45) is 0. The Morgan fingerprint density at radius 2 is 2.04 bits per heavy atom. The fourth-order valence-corrected chi connectivity index (χ4v) is 2.57. The number of aliphatic carboxylic acids is 2. The molecule has 0 spiro atoms. The molecule has 1 aromatic carbocycles. The lowest BCUT2D eigenvalue weighted by atomic mass is 9.80. The van der Waals surface area contributed by atoms with Crippen LogP contribution in [0.1, 0.15) is 18.4 Å². The van der Waals surface area contributed by atoms with E-state index in [-0.39, 0.29) is 28.2 Å². The van der Waals surface area contributed by atoms with E-state index in [1.54, 1.807) is 6.07 Å². The largest absolute Gasteiger partial charge is 0.545 e. The number of hydrogen-bond acceptors (Lipinski definition) is 7. The molecular formula is C15H10N3O6-. The number of carbonyl (C=O) groups excluding carboxylic acids is 1. The number of rotatable bonds is 4. The first kappa shape index (κ1) is 16.7. The van der Waals surface area contributed by atoms with Crippen LogP contribution in [-0.4, -0.2) is 22.0 Å². The highest BCUT2D eigenvalue weighted by molar-refractivity contribution is 5.98. The molecule has 9 nitrogen and oxygen atoms in total. The molecule has 2 N–H and O–H groups in total. The number of carboxylic acids is 2. The van der Waals surface area contributed by atoms with E-state index in [2.05, 4.69) is 5.32 Å². The standard InChI is InChI=1S/C15H11N3O6/c1-7-11(14(19)20)12(13(15(21)22)10(6-16)17-7)8-3-2-4-9(5-8)18(23)24/h2-5,12,17H,1H3,(H,19,20)(H,21,22)/p-1. The van der Waals surface area contributed by atoms with Crippen LogP contribution < -0.4 is 10.4 Å². The van der Waals surface area contributed by atoms with Crippen molar-refractivity contribution in [2.24, 2.45) is 0 Å². The van der Waals surface area contributed by atoms with Crippen molar-refractivity contribution in [2.75, 3.05) is 0 Å². The molecule has 24 heavy (non-hydrogen) atoms. The molecule has 0 aromatic heterocycles. The van der Waals surface area contributed by atoms with Crippen LogP contribution >= 0.6 is 0 Å². The summed E-state index contributed by atoms with van der Waals surface area (Å²) in [5.41, 5.74) is -1.47. The minimum absolute atomic E-state index is 0.0643. The van der Waals surface area contributed by atoms with Crippen LogP contribution in [0.5, 0.6) is 0 Å². The molecule has 2 rings (SSSR count). The zero-order valence-corrected chi connectivity index (χ0v) is 12.3. The van der Waals surface area contributed by atoms with E-state index in [0.717, 1.165) is 6.07 Å². The van der Waals surface area contributed by atoms with Gasteiger partial charge >= 0.3 is 5.97 Å². The molecule has 1 aliphatic heterocycles. The van der Waals surface area contributed by atoms with Gasteiger partial charge in [0.25, 0.3) is 5.69 Å². The minimum atomic E-state index is -1.73. The van der Waals surface area contributed by atoms with Crippen molar-refractivity contribution in [1.29, 1.82) is 5.26 Å². The second kappa shape index (κ2) is 6.21. The maximum atomic E-state index is 11.6. The fraction of sp³-hybridized carbons (Fsp3) is 0.133. The van der Waals surface area contributed by atoms with E-state index in [4.69, 9.17) is 5.26 Å². The smallest absolute Gasteiger partial charge is 0.334 e. The molecule has 0 radical (unpaired) electrons. The molecule has 1 heterocycles. The van der Waals surface area contributed by atoms with Gasteiger partial charge < -0.3 is 20.3 Å². The highest BCUT2D eigenvalue weighted by Crippen LogP contribution is 2.38. The van der Waals surface area contributed by atoms with Crippen molar-refractivity contribution in [3.8, 4) is 6.07 Å². The summed E-state index contributed by atoms with van der Waals surface area (Å²) in [4.78, 5) is 33.3. The van der Waals surface area contributed by atoms with Crippen LogP contribution in [0, 0.1) is 21.4 Å². The lowest BCUT2D eigenvalue weighted by Gasteiger charge is -2.29. The maximum Gasteiger partial charge on any atom is 0.334 e. The Bertz CT molecular complexity index is 862. The third kappa shape index (κ3) is 2.80. The summed E-state index contributed by atoms with van der Waals surface area (Å²) in [5.74, 6) is -4.52. The lowest BCUT2D eigenvalue weighted by Crippen LogP contribution is -2.37. The molecule has 1 unspecified atom stereocenters. The van der Waals surface area contributed by atoms with Gasteiger partial charge in [-0.05, 0) is 12.5 Å². The number of nitrogens with zero attached hydrogens (tertiary/aromatic N) is 2. The summed E-state index contributed by atoms with van der Waals surface area (Å²) in [6.45, 7) is 1.37. The summed E-state index contributed by atoms with van der Waals surface area (Å²) in [7, 11) is 0. The van der Waals surface area contributed by atoms with Crippen molar-refractivity contribution in [1.82, 2.24) is 5.32 Å². The van der Waals surface area contributed by atoms with Crippen LogP contribution in [-0.2, 0) is 9.59 Å². The number of allylic oxidation sites excluding steroid dienone is 2. The van der Waals surface area contributed by atoms with E-state index in [9.17, 15) is 29.9 Å². The first-order chi connectivity index (χ1) is 11.3. The first-order valence-electron chi connectivity index (χ1n) is 6.59. The number of non-ortho nitro benzene ring substituents is 1. The molecule has 1 atom stereocenters. The van der Waals surface area contributed by atoms with Gasteiger partial charge in [-0.15, -0.1) is 0 Å². The van der Waals surface area contributed by atoms with Gasteiger partial charge in [0, 0.05) is 29.3 Å². The van der Waals surface area contributed by atoms with Gasteiger partial charge in [-0.3, -0.25) is 10.1 Å². The normalized spacial score (nSPS) is 17.1. The summed E-state index contributed by atoms with van der Waals surface area (Å²) in [5, 5.41) is 43.4. The quantitative estimate of drug-likeness (QED) is 0.585. The molecule has 0 amide bonds. The predicted octanol–water partition coefficient (Wildman–Crippen LogP) is 0.168. The van der Waals surface area contributed by atoms with Crippen molar-refractivity contribution < 1.29 is 24.7 Å². The Labute approximate surface area is 135 Å². The summed E-state index contributed by atoms with van der Waals surface area (Å²) >= 11 is 0. The second-order valence-electron chi connectivity index (χ2n) is 4.94. The van der Waals surface area contributed by atoms with Gasteiger partial charge in [0.05, 0.1) is 16.5 Å². The molecule has 0 aliphatic carbocycles. The van der Waals surface area contributed by atoms with Gasteiger partial charge in [-0.1, -0.05) is 12.1 Å². The van der Waals surface area contributed by atoms with Crippen LogP contribution in [0.15, 0.2) is 46.8 Å². The molecule has 0 saturated carbocycles. The van der Waals surface area contributed by atoms with Gasteiger partial charge in [0.2, 0.25) is 0 Å². The van der Waals surface area contributed by atoms with E-state index in [0.29, 0.717) is 0 Å². The van der Waals surface area contributed by atoms with Gasteiger partial charge in [-0.25, -0.2) is 4.79 Å². The topological polar surface area (TPSA) is 156 Å². The maximum absolute atomic E-state index is 11.6.